The van der Waals surface area contributed by atoms with Crippen LogP contribution in [-0.4, -0.2) is 6.29 Å². The van der Waals surface area contributed by atoms with Crippen LogP contribution in [0.3, 0.4) is 0 Å². The summed E-state index contributed by atoms with van der Waals surface area (Å²) in [5.74, 6) is 0.0833. The maximum atomic E-state index is 10.00. The molecule has 0 rings (SSSR count). The Morgan fingerprint density at radius 2 is 2.00 bits per heavy atom. The third kappa shape index (κ3) is 3.59. The van der Waals surface area contributed by atoms with Gasteiger partial charge in [-0.25, -0.2) is 0 Å². The third-order valence-electron chi connectivity index (χ3n) is 0.811. The summed E-state index contributed by atoms with van der Waals surface area (Å²) < 4.78 is 0. The highest BCUT2D eigenvalue weighted by molar-refractivity contribution is 5.55. The van der Waals surface area contributed by atoms with E-state index in [4.69, 9.17) is 0 Å². The van der Waals surface area contributed by atoms with Crippen LogP contribution in [0.5, 0.6) is 0 Å². The molecule has 0 heterocycles. The average molecular weight is 112 g/mol. The Hall–Kier alpha value is -0.590. The van der Waals surface area contributed by atoms with Crippen molar-refractivity contribution in [2.24, 2.45) is 5.92 Å². The van der Waals surface area contributed by atoms with Gasteiger partial charge in [0.15, 0.2) is 0 Å². The van der Waals surface area contributed by atoms with Crippen LogP contribution < -0.4 is 0 Å². The van der Waals surface area contributed by atoms with E-state index in [1.54, 1.807) is 0 Å². The first-order chi connectivity index (χ1) is 3.66. The summed E-state index contributed by atoms with van der Waals surface area (Å²) in [4.78, 5) is 10.00. The molecule has 0 spiro atoms. The van der Waals surface area contributed by atoms with E-state index in [1.807, 2.05) is 26.8 Å². The van der Waals surface area contributed by atoms with Crippen molar-refractivity contribution in [3.8, 4) is 0 Å². The molecule has 0 saturated heterocycles. The molecule has 0 aliphatic heterocycles. The van der Waals surface area contributed by atoms with Gasteiger partial charge in [0, 0.05) is 5.92 Å². The normalized spacial score (nSPS) is 12.4. The van der Waals surface area contributed by atoms with Gasteiger partial charge in [-0.05, 0) is 13.8 Å². The highest BCUT2D eigenvalue weighted by Crippen LogP contribution is 1.96. The Balaban J connectivity index is 3.68. The van der Waals surface area contributed by atoms with Crippen LogP contribution in [0.15, 0.2) is 11.6 Å². The summed E-state index contributed by atoms with van der Waals surface area (Å²) >= 11 is 0. The lowest BCUT2D eigenvalue weighted by Crippen LogP contribution is -1.89. The molecule has 0 aliphatic rings. The van der Waals surface area contributed by atoms with E-state index in [2.05, 4.69) is 0 Å². The van der Waals surface area contributed by atoms with Crippen molar-refractivity contribution >= 4 is 6.29 Å². The Kier molecular flexibility index (Phi) is 3.16. The van der Waals surface area contributed by atoms with Gasteiger partial charge >= 0.3 is 0 Å². The van der Waals surface area contributed by atoms with Crippen molar-refractivity contribution in [2.45, 2.75) is 20.8 Å². The molecule has 46 valence electrons. The second kappa shape index (κ2) is 3.42. The maximum Gasteiger partial charge on any atom is 0.126 e. The van der Waals surface area contributed by atoms with Crippen molar-refractivity contribution in [2.75, 3.05) is 0 Å². The fourth-order valence-corrected chi connectivity index (χ4v) is 0.565. The first-order valence-electron chi connectivity index (χ1n) is 2.77. The van der Waals surface area contributed by atoms with Crippen LogP contribution in [0.1, 0.15) is 20.8 Å². The number of carbonyl (C=O) groups is 1. The Morgan fingerprint density at radius 1 is 1.50 bits per heavy atom. The van der Waals surface area contributed by atoms with Crippen LogP contribution in [0, 0.1) is 5.92 Å². The predicted molar refractivity (Wildman–Crippen MR) is 34.7 cm³/mol. The average Bonchev–Trinajstić information content (AvgIpc) is 1.65. The smallest absolute Gasteiger partial charge is 0.126 e. The number of hydrogen-bond donors (Lipinski definition) is 0. The molecular weight excluding hydrogens is 100 g/mol. The van der Waals surface area contributed by atoms with Gasteiger partial charge in [0.1, 0.15) is 6.29 Å². The molecule has 8 heavy (non-hydrogen) atoms. The minimum absolute atomic E-state index is 0.0833. The van der Waals surface area contributed by atoms with Crippen molar-refractivity contribution in [3.63, 3.8) is 0 Å². The molecule has 1 atom stereocenters. The topological polar surface area (TPSA) is 17.1 Å². The van der Waals surface area contributed by atoms with E-state index in [0.717, 1.165) is 6.29 Å². The zero-order chi connectivity index (χ0) is 6.57. The number of allylic oxidation sites excluding steroid dienone is 2. The van der Waals surface area contributed by atoms with E-state index in [0.29, 0.717) is 0 Å². The van der Waals surface area contributed by atoms with Crippen LogP contribution in [0.2, 0.25) is 0 Å². The quantitative estimate of drug-likeness (QED) is 0.393. The summed E-state index contributed by atoms with van der Waals surface area (Å²) in [5.41, 5.74) is 1.20. The Morgan fingerprint density at radius 3 is 2.12 bits per heavy atom. The first kappa shape index (κ1) is 7.41. The lowest BCUT2D eigenvalue weighted by molar-refractivity contribution is -0.109. The van der Waals surface area contributed by atoms with E-state index >= 15 is 0 Å². The number of hydrogen-bond acceptors (Lipinski definition) is 1. The van der Waals surface area contributed by atoms with Crippen molar-refractivity contribution in [1.29, 1.82) is 0 Å². The van der Waals surface area contributed by atoms with Gasteiger partial charge in [-0.15, -0.1) is 0 Å². The molecule has 0 aromatic heterocycles. The molecular formula is C7H12O. The van der Waals surface area contributed by atoms with Gasteiger partial charge in [0.05, 0.1) is 0 Å². The van der Waals surface area contributed by atoms with Gasteiger partial charge in [-0.2, -0.15) is 0 Å². The van der Waals surface area contributed by atoms with Gasteiger partial charge in [0.2, 0.25) is 0 Å². The van der Waals surface area contributed by atoms with Crippen molar-refractivity contribution in [1.82, 2.24) is 0 Å². The molecule has 1 heteroatoms. The Bertz CT molecular complexity index is 99.0. The summed E-state index contributed by atoms with van der Waals surface area (Å²) in [7, 11) is 0. The molecule has 0 fully saturated rings. The van der Waals surface area contributed by atoms with Crippen LogP contribution in [-0.2, 0) is 4.79 Å². The summed E-state index contributed by atoms with van der Waals surface area (Å²) in [6.07, 6.45) is 2.88. The van der Waals surface area contributed by atoms with Crippen LogP contribution >= 0.6 is 0 Å². The summed E-state index contributed by atoms with van der Waals surface area (Å²) in [5, 5.41) is 0. The number of rotatable bonds is 2. The van der Waals surface area contributed by atoms with Gasteiger partial charge in [-0.1, -0.05) is 18.6 Å². The van der Waals surface area contributed by atoms with Crippen molar-refractivity contribution in [3.05, 3.63) is 11.6 Å². The van der Waals surface area contributed by atoms with Gasteiger partial charge in [0.25, 0.3) is 0 Å². The molecule has 0 radical (unpaired) electrons. The van der Waals surface area contributed by atoms with Crippen LogP contribution in [0.25, 0.3) is 0 Å². The lowest BCUT2D eigenvalue weighted by atomic mass is 10.1. The fourth-order valence-electron chi connectivity index (χ4n) is 0.565. The molecule has 0 saturated carbocycles. The first-order valence-corrected chi connectivity index (χ1v) is 2.77. The summed E-state index contributed by atoms with van der Waals surface area (Å²) in [6, 6.07) is 0. The zero-order valence-corrected chi connectivity index (χ0v) is 5.64. The lowest BCUT2D eigenvalue weighted by Gasteiger charge is -1.92. The maximum absolute atomic E-state index is 10.00. The largest absolute Gasteiger partial charge is 0.303 e. The summed E-state index contributed by atoms with van der Waals surface area (Å²) in [6.45, 7) is 5.85. The van der Waals surface area contributed by atoms with Gasteiger partial charge < -0.3 is 4.79 Å². The second-order valence-electron chi connectivity index (χ2n) is 2.24. The molecule has 0 aromatic carbocycles. The molecule has 0 aliphatic carbocycles. The minimum atomic E-state index is 0.0833. The number of carbonyl (C=O) groups excluding carboxylic acids is 1. The van der Waals surface area contributed by atoms with Crippen molar-refractivity contribution < 1.29 is 4.79 Å². The zero-order valence-electron chi connectivity index (χ0n) is 5.64. The molecule has 0 bridgehead atoms. The van der Waals surface area contributed by atoms with E-state index in [9.17, 15) is 4.79 Å². The standard InChI is InChI=1S/C7H12O/c1-6(2)4-7(3)5-8/h4-5,7H,1-3H3/t7-/m0/s1. The third-order valence-corrected chi connectivity index (χ3v) is 0.811. The Labute approximate surface area is 50.4 Å². The molecule has 0 N–H and O–H groups in total. The van der Waals surface area contributed by atoms with E-state index in [1.165, 1.54) is 5.57 Å². The molecule has 0 unspecified atom stereocenters. The van der Waals surface area contributed by atoms with E-state index < -0.39 is 0 Å². The van der Waals surface area contributed by atoms with Crippen LogP contribution in [0.4, 0.5) is 0 Å². The monoisotopic (exact) mass is 112 g/mol. The minimum Gasteiger partial charge on any atom is -0.303 e. The highest BCUT2D eigenvalue weighted by Gasteiger charge is 1.90. The van der Waals surface area contributed by atoms with Gasteiger partial charge in [-0.3, -0.25) is 0 Å². The predicted octanol–water partition coefficient (Wildman–Crippen LogP) is 1.79. The SMILES string of the molecule is CC(C)=C[C@H](C)C=O. The molecule has 0 aromatic rings. The molecule has 1 nitrogen and oxygen atoms in total. The molecule has 0 amide bonds. The van der Waals surface area contributed by atoms with E-state index in [-0.39, 0.29) is 5.92 Å². The second-order valence-corrected chi connectivity index (χ2v) is 2.24. The highest BCUT2D eigenvalue weighted by atomic mass is 16.1. The fraction of sp³-hybridized carbons (Fsp3) is 0.571. The number of aldehydes is 1.